The van der Waals surface area contributed by atoms with E-state index in [1.165, 1.54) is 6.26 Å². The summed E-state index contributed by atoms with van der Waals surface area (Å²) in [4.78, 5) is 15.3. The van der Waals surface area contributed by atoms with Crippen molar-refractivity contribution in [1.29, 1.82) is 0 Å². The number of carbonyl (C=O) groups excluding carboxylic acids is 1. The predicted molar refractivity (Wildman–Crippen MR) is 82.4 cm³/mol. The molecule has 124 valence electrons. The topological polar surface area (TPSA) is 55.1 Å². The maximum Gasteiger partial charge on any atom is 0.435 e. The summed E-state index contributed by atoms with van der Waals surface area (Å²) in [5, 5.41) is 2.56. The van der Waals surface area contributed by atoms with Gasteiger partial charge in [-0.25, -0.2) is 4.98 Å². The molecule has 4 nitrogen and oxygen atoms in total. The van der Waals surface area contributed by atoms with E-state index in [2.05, 4.69) is 10.3 Å². The Morgan fingerprint density at radius 3 is 2.54 bits per heavy atom. The SMILES string of the molecule is O=C(NCc1ccco1)c1sc(-c2ccccc2)nc1C(F)(F)F. The van der Waals surface area contributed by atoms with Crippen LogP contribution in [0.15, 0.2) is 53.1 Å². The number of thiazole rings is 1. The van der Waals surface area contributed by atoms with Crippen molar-refractivity contribution in [3.8, 4) is 10.6 Å². The molecule has 3 rings (SSSR count). The second kappa shape index (κ2) is 6.48. The average molecular weight is 352 g/mol. The third-order valence-electron chi connectivity index (χ3n) is 3.13. The highest BCUT2D eigenvalue weighted by Crippen LogP contribution is 2.37. The first-order valence-corrected chi connectivity index (χ1v) is 7.71. The molecule has 0 aliphatic rings. The van der Waals surface area contributed by atoms with Crippen LogP contribution in [0.25, 0.3) is 10.6 Å². The number of carbonyl (C=O) groups is 1. The van der Waals surface area contributed by atoms with Gasteiger partial charge in [-0.3, -0.25) is 4.79 Å². The minimum absolute atomic E-state index is 0.00169. The molecular weight excluding hydrogens is 341 g/mol. The number of benzene rings is 1. The quantitative estimate of drug-likeness (QED) is 0.759. The van der Waals surface area contributed by atoms with Crippen molar-refractivity contribution in [1.82, 2.24) is 10.3 Å². The molecule has 1 aromatic carbocycles. The second-order valence-corrected chi connectivity index (χ2v) is 5.82. The monoisotopic (exact) mass is 352 g/mol. The summed E-state index contributed by atoms with van der Waals surface area (Å²) in [7, 11) is 0. The zero-order chi connectivity index (χ0) is 17.2. The molecule has 0 unspecified atom stereocenters. The van der Waals surface area contributed by atoms with Crippen molar-refractivity contribution in [2.75, 3.05) is 0 Å². The van der Waals surface area contributed by atoms with E-state index in [1.807, 2.05) is 0 Å². The molecule has 0 fully saturated rings. The number of furan rings is 1. The number of halogens is 3. The highest BCUT2D eigenvalue weighted by Gasteiger charge is 2.39. The molecule has 0 radical (unpaired) electrons. The Balaban J connectivity index is 1.90. The van der Waals surface area contributed by atoms with Crippen LogP contribution >= 0.6 is 11.3 Å². The third kappa shape index (κ3) is 3.48. The molecule has 0 bridgehead atoms. The summed E-state index contributed by atoms with van der Waals surface area (Å²) >= 11 is 0.711. The van der Waals surface area contributed by atoms with Crippen LogP contribution in [0.3, 0.4) is 0 Å². The molecule has 2 aromatic heterocycles. The lowest BCUT2D eigenvalue weighted by molar-refractivity contribution is -0.141. The number of alkyl halides is 3. The number of nitrogens with zero attached hydrogens (tertiary/aromatic N) is 1. The number of hydrogen-bond donors (Lipinski definition) is 1. The number of nitrogens with one attached hydrogen (secondary N) is 1. The van der Waals surface area contributed by atoms with Crippen molar-refractivity contribution < 1.29 is 22.4 Å². The molecule has 24 heavy (non-hydrogen) atoms. The maximum absolute atomic E-state index is 13.2. The molecule has 8 heteroatoms. The summed E-state index contributed by atoms with van der Waals surface area (Å²) in [5.41, 5.74) is -0.651. The van der Waals surface area contributed by atoms with Crippen LogP contribution in [0, 0.1) is 0 Å². The van der Waals surface area contributed by atoms with E-state index in [9.17, 15) is 18.0 Å². The van der Waals surface area contributed by atoms with Gasteiger partial charge in [-0.1, -0.05) is 30.3 Å². The molecule has 1 N–H and O–H groups in total. The van der Waals surface area contributed by atoms with Gasteiger partial charge in [0.1, 0.15) is 15.6 Å². The van der Waals surface area contributed by atoms with E-state index in [-0.39, 0.29) is 11.6 Å². The van der Waals surface area contributed by atoms with Gasteiger partial charge in [-0.15, -0.1) is 11.3 Å². The molecule has 0 aliphatic carbocycles. The number of hydrogen-bond acceptors (Lipinski definition) is 4. The third-order valence-corrected chi connectivity index (χ3v) is 4.23. The first kappa shape index (κ1) is 16.3. The van der Waals surface area contributed by atoms with Gasteiger partial charge >= 0.3 is 6.18 Å². The molecule has 0 saturated heterocycles. The number of amides is 1. The standard InChI is InChI=1S/C16H11F3N2O2S/c17-16(18,19)13-12(14(22)20-9-11-7-4-8-23-11)24-15(21-13)10-5-2-1-3-6-10/h1-8H,9H2,(H,20,22). The van der Waals surface area contributed by atoms with Gasteiger partial charge in [0.15, 0.2) is 5.69 Å². The fourth-order valence-electron chi connectivity index (χ4n) is 2.03. The highest BCUT2D eigenvalue weighted by atomic mass is 32.1. The van der Waals surface area contributed by atoms with Gasteiger partial charge in [0.05, 0.1) is 12.8 Å². The lowest BCUT2D eigenvalue weighted by Crippen LogP contribution is -2.24. The van der Waals surface area contributed by atoms with Gasteiger partial charge in [0.25, 0.3) is 5.91 Å². The summed E-state index contributed by atoms with van der Waals surface area (Å²) in [6.45, 7) is 0.00169. The van der Waals surface area contributed by atoms with Gasteiger partial charge in [0, 0.05) is 5.56 Å². The van der Waals surface area contributed by atoms with Crippen molar-refractivity contribution in [3.63, 3.8) is 0 Å². The van der Waals surface area contributed by atoms with E-state index in [1.54, 1.807) is 42.5 Å². The molecule has 0 atom stereocenters. The van der Waals surface area contributed by atoms with Crippen LogP contribution in [-0.2, 0) is 12.7 Å². The van der Waals surface area contributed by atoms with Crippen LogP contribution in [0.2, 0.25) is 0 Å². The largest absolute Gasteiger partial charge is 0.467 e. The summed E-state index contributed by atoms with van der Waals surface area (Å²) in [6, 6.07) is 11.7. The van der Waals surface area contributed by atoms with E-state index < -0.39 is 22.7 Å². The van der Waals surface area contributed by atoms with Crippen LogP contribution in [0.4, 0.5) is 13.2 Å². The van der Waals surface area contributed by atoms with Gasteiger partial charge < -0.3 is 9.73 Å². The Bertz CT molecular complexity index is 827. The molecule has 0 aliphatic heterocycles. The minimum atomic E-state index is -4.71. The Labute approximate surface area is 139 Å². The predicted octanol–water partition coefficient (Wildman–Crippen LogP) is 4.35. The minimum Gasteiger partial charge on any atom is -0.467 e. The average Bonchev–Trinajstić information content (AvgIpc) is 3.22. The fourth-order valence-corrected chi connectivity index (χ4v) is 3.04. The zero-order valence-corrected chi connectivity index (χ0v) is 12.9. The summed E-state index contributed by atoms with van der Waals surface area (Å²) in [5.74, 6) is -0.386. The molecule has 2 heterocycles. The molecule has 1 amide bonds. The van der Waals surface area contributed by atoms with Gasteiger partial charge in [-0.05, 0) is 12.1 Å². The maximum atomic E-state index is 13.2. The van der Waals surface area contributed by atoms with Crippen molar-refractivity contribution in [2.24, 2.45) is 0 Å². The normalized spacial score (nSPS) is 11.5. The zero-order valence-electron chi connectivity index (χ0n) is 12.1. The Morgan fingerprint density at radius 2 is 1.92 bits per heavy atom. The summed E-state index contributed by atoms with van der Waals surface area (Å²) in [6.07, 6.45) is -3.29. The van der Waals surface area contributed by atoms with Gasteiger partial charge in [-0.2, -0.15) is 13.2 Å². The van der Waals surface area contributed by atoms with Crippen LogP contribution in [0.5, 0.6) is 0 Å². The van der Waals surface area contributed by atoms with E-state index in [0.717, 1.165) is 0 Å². The fraction of sp³-hybridized carbons (Fsp3) is 0.125. The molecule has 3 aromatic rings. The smallest absolute Gasteiger partial charge is 0.435 e. The van der Waals surface area contributed by atoms with Crippen molar-refractivity contribution in [2.45, 2.75) is 12.7 Å². The van der Waals surface area contributed by atoms with Crippen LogP contribution in [-0.4, -0.2) is 10.9 Å². The number of rotatable bonds is 4. The lowest BCUT2D eigenvalue weighted by atomic mass is 10.2. The first-order valence-electron chi connectivity index (χ1n) is 6.89. The van der Waals surface area contributed by atoms with Gasteiger partial charge in [0.2, 0.25) is 0 Å². The number of aromatic nitrogens is 1. The Kier molecular flexibility index (Phi) is 4.39. The Hall–Kier alpha value is -2.61. The van der Waals surface area contributed by atoms with Crippen LogP contribution in [0.1, 0.15) is 21.1 Å². The van der Waals surface area contributed by atoms with Crippen LogP contribution < -0.4 is 5.32 Å². The van der Waals surface area contributed by atoms with Crippen molar-refractivity contribution >= 4 is 17.2 Å². The van der Waals surface area contributed by atoms with E-state index in [4.69, 9.17) is 4.42 Å². The van der Waals surface area contributed by atoms with E-state index in [0.29, 0.717) is 22.7 Å². The van der Waals surface area contributed by atoms with Crippen molar-refractivity contribution in [3.05, 3.63) is 65.1 Å². The molecule has 0 spiro atoms. The highest BCUT2D eigenvalue weighted by molar-refractivity contribution is 7.17. The molecule has 0 saturated carbocycles. The second-order valence-electron chi connectivity index (χ2n) is 4.82. The van der Waals surface area contributed by atoms with E-state index >= 15 is 0 Å². The summed E-state index contributed by atoms with van der Waals surface area (Å²) < 4.78 is 44.6. The first-order chi connectivity index (χ1) is 11.4. The molecular formula is C16H11F3N2O2S. The lowest BCUT2D eigenvalue weighted by Gasteiger charge is -2.06. The Morgan fingerprint density at radius 1 is 1.17 bits per heavy atom.